The van der Waals surface area contributed by atoms with Crippen LogP contribution in [0.15, 0.2) is 48.5 Å². The van der Waals surface area contributed by atoms with E-state index in [4.69, 9.17) is 0 Å². The van der Waals surface area contributed by atoms with E-state index in [1.54, 1.807) is 0 Å². The smallest absolute Gasteiger partial charge is 0.0130 e. The first kappa shape index (κ1) is 14.1. The van der Waals surface area contributed by atoms with E-state index in [0.29, 0.717) is 5.92 Å². The third kappa shape index (κ3) is 3.82. The first-order valence-corrected chi connectivity index (χ1v) is 8.26. The van der Waals surface area contributed by atoms with Gasteiger partial charge in [0.1, 0.15) is 0 Å². The van der Waals surface area contributed by atoms with Gasteiger partial charge < -0.3 is 0 Å². The average Bonchev–Trinajstić information content (AvgIpc) is 2.38. The molecule has 0 spiro atoms. The molecule has 2 heteroatoms. The number of halogens is 2. The molecule has 0 radical (unpaired) electrons. The second-order valence-corrected chi connectivity index (χ2v) is 6.49. The van der Waals surface area contributed by atoms with Gasteiger partial charge in [0.15, 0.2) is 0 Å². The monoisotopic (exact) mass is 414 g/mol. The van der Waals surface area contributed by atoms with E-state index < -0.39 is 0 Å². The summed E-state index contributed by atoms with van der Waals surface area (Å²) in [5, 5.41) is 1.00. The van der Waals surface area contributed by atoms with Crippen molar-refractivity contribution in [2.75, 3.05) is 5.33 Å². The van der Waals surface area contributed by atoms with Crippen molar-refractivity contribution in [1.82, 2.24) is 0 Å². The van der Waals surface area contributed by atoms with Gasteiger partial charge in [-0.25, -0.2) is 0 Å². The third-order valence-corrected chi connectivity index (χ3v) is 4.60. The van der Waals surface area contributed by atoms with Gasteiger partial charge >= 0.3 is 0 Å². The molecule has 0 aliphatic heterocycles. The molecule has 0 saturated heterocycles. The predicted molar refractivity (Wildman–Crippen MR) is 90.6 cm³/mol. The average molecular weight is 415 g/mol. The van der Waals surface area contributed by atoms with E-state index in [9.17, 15) is 0 Å². The highest BCUT2D eigenvalue weighted by atomic mass is 127. The van der Waals surface area contributed by atoms with Crippen LogP contribution in [0.4, 0.5) is 0 Å². The molecule has 0 aromatic heterocycles. The van der Waals surface area contributed by atoms with Gasteiger partial charge in [0, 0.05) is 8.90 Å². The maximum Gasteiger partial charge on any atom is 0.0130 e. The summed E-state index contributed by atoms with van der Waals surface area (Å²) >= 11 is 5.99. The first-order valence-electron chi connectivity index (χ1n) is 6.06. The van der Waals surface area contributed by atoms with Crippen LogP contribution in [0.3, 0.4) is 0 Å². The molecule has 0 amide bonds. The molecule has 0 fully saturated rings. The molecule has 0 bridgehead atoms. The highest BCUT2D eigenvalue weighted by Gasteiger charge is 2.11. The number of hydrogen-bond acceptors (Lipinski definition) is 0. The molecule has 0 heterocycles. The molecule has 0 nitrogen and oxygen atoms in total. The Hall–Kier alpha value is -0.350. The fourth-order valence-electron chi connectivity index (χ4n) is 2.09. The van der Waals surface area contributed by atoms with E-state index in [2.05, 4.69) is 94.0 Å². The zero-order chi connectivity index (χ0) is 13.0. The van der Waals surface area contributed by atoms with E-state index in [1.807, 2.05) is 0 Å². The van der Waals surface area contributed by atoms with Crippen molar-refractivity contribution in [2.24, 2.45) is 0 Å². The van der Waals surface area contributed by atoms with Gasteiger partial charge in [-0.05, 0) is 65.1 Å². The molecule has 2 aromatic rings. The van der Waals surface area contributed by atoms with Crippen molar-refractivity contribution >= 4 is 38.5 Å². The summed E-state index contributed by atoms with van der Waals surface area (Å²) in [7, 11) is 0. The molecular formula is C16H16BrI. The van der Waals surface area contributed by atoms with Gasteiger partial charge in [-0.2, -0.15) is 0 Å². The van der Waals surface area contributed by atoms with Crippen LogP contribution in [-0.4, -0.2) is 5.33 Å². The Morgan fingerprint density at radius 3 is 2.44 bits per heavy atom. The Balaban J connectivity index is 2.17. The van der Waals surface area contributed by atoms with E-state index in [1.165, 1.54) is 20.3 Å². The molecule has 0 N–H and O–H groups in total. The van der Waals surface area contributed by atoms with E-state index in [-0.39, 0.29) is 0 Å². The summed E-state index contributed by atoms with van der Waals surface area (Å²) in [5.41, 5.74) is 4.16. The minimum atomic E-state index is 0.546. The SMILES string of the molecule is Cc1cccc(C(CBr)Cc2ccc(I)cc2)c1. The number of rotatable bonds is 4. The maximum absolute atomic E-state index is 3.65. The zero-order valence-electron chi connectivity index (χ0n) is 10.4. The van der Waals surface area contributed by atoms with Crippen molar-refractivity contribution in [2.45, 2.75) is 19.3 Å². The van der Waals surface area contributed by atoms with Crippen LogP contribution in [0.5, 0.6) is 0 Å². The zero-order valence-corrected chi connectivity index (χ0v) is 14.1. The van der Waals surface area contributed by atoms with Gasteiger partial charge in [-0.1, -0.05) is 57.9 Å². The topological polar surface area (TPSA) is 0 Å². The standard InChI is InChI=1S/C16H16BrI/c1-12-3-2-4-14(9-12)15(11-17)10-13-5-7-16(18)8-6-13/h2-9,15H,10-11H2,1H3. The van der Waals surface area contributed by atoms with Crippen molar-refractivity contribution in [1.29, 1.82) is 0 Å². The Bertz CT molecular complexity index is 505. The summed E-state index contributed by atoms with van der Waals surface area (Å²) in [6, 6.07) is 17.6. The summed E-state index contributed by atoms with van der Waals surface area (Å²) < 4.78 is 1.29. The quantitative estimate of drug-likeness (QED) is 0.469. The molecule has 2 rings (SSSR count). The van der Waals surface area contributed by atoms with Gasteiger partial charge in [0.05, 0.1) is 0 Å². The minimum absolute atomic E-state index is 0.546. The Morgan fingerprint density at radius 1 is 1.11 bits per heavy atom. The van der Waals surface area contributed by atoms with Crippen LogP contribution >= 0.6 is 38.5 Å². The second-order valence-electron chi connectivity index (χ2n) is 4.60. The summed E-state index contributed by atoms with van der Waals surface area (Å²) in [5.74, 6) is 0.546. The first-order chi connectivity index (χ1) is 8.69. The lowest BCUT2D eigenvalue weighted by Crippen LogP contribution is -2.04. The van der Waals surface area contributed by atoms with Crippen LogP contribution < -0.4 is 0 Å². The highest BCUT2D eigenvalue weighted by Crippen LogP contribution is 2.24. The third-order valence-electron chi connectivity index (χ3n) is 3.10. The molecule has 0 aliphatic rings. The second kappa shape index (κ2) is 6.71. The largest absolute Gasteiger partial charge is 0.0921 e. The fourth-order valence-corrected chi connectivity index (χ4v) is 3.05. The Morgan fingerprint density at radius 2 is 1.83 bits per heavy atom. The van der Waals surface area contributed by atoms with Crippen molar-refractivity contribution in [3.8, 4) is 0 Å². The number of aryl methyl sites for hydroxylation is 1. The number of benzene rings is 2. The van der Waals surface area contributed by atoms with Crippen LogP contribution in [-0.2, 0) is 6.42 Å². The molecular weight excluding hydrogens is 399 g/mol. The van der Waals surface area contributed by atoms with Gasteiger partial charge in [-0.3, -0.25) is 0 Å². The van der Waals surface area contributed by atoms with Gasteiger partial charge in [0.25, 0.3) is 0 Å². The van der Waals surface area contributed by atoms with Crippen molar-refractivity contribution in [3.63, 3.8) is 0 Å². The lowest BCUT2D eigenvalue weighted by atomic mass is 9.93. The van der Waals surface area contributed by atoms with Crippen LogP contribution in [0, 0.1) is 10.5 Å². The van der Waals surface area contributed by atoms with Crippen molar-refractivity contribution < 1.29 is 0 Å². The van der Waals surface area contributed by atoms with Crippen molar-refractivity contribution in [3.05, 3.63) is 68.8 Å². The molecule has 94 valence electrons. The number of alkyl halides is 1. The molecule has 0 saturated carbocycles. The predicted octanol–water partition coefficient (Wildman–Crippen LogP) is 5.32. The molecule has 0 aliphatic carbocycles. The summed E-state index contributed by atoms with van der Waals surface area (Å²) in [6.07, 6.45) is 1.09. The fraction of sp³-hybridized carbons (Fsp3) is 0.250. The molecule has 18 heavy (non-hydrogen) atoms. The van der Waals surface area contributed by atoms with Crippen LogP contribution in [0.2, 0.25) is 0 Å². The Labute approximate surface area is 131 Å². The number of hydrogen-bond donors (Lipinski definition) is 0. The van der Waals surface area contributed by atoms with Crippen LogP contribution in [0.1, 0.15) is 22.6 Å². The highest BCUT2D eigenvalue weighted by molar-refractivity contribution is 14.1. The Kier molecular flexibility index (Phi) is 5.25. The van der Waals surface area contributed by atoms with E-state index in [0.717, 1.165) is 11.8 Å². The lowest BCUT2D eigenvalue weighted by Gasteiger charge is -2.15. The van der Waals surface area contributed by atoms with Crippen LogP contribution in [0.25, 0.3) is 0 Å². The van der Waals surface area contributed by atoms with E-state index >= 15 is 0 Å². The molecule has 1 unspecified atom stereocenters. The summed E-state index contributed by atoms with van der Waals surface area (Å²) in [4.78, 5) is 0. The normalized spacial score (nSPS) is 12.4. The lowest BCUT2D eigenvalue weighted by molar-refractivity contribution is 0.774. The summed E-state index contributed by atoms with van der Waals surface area (Å²) in [6.45, 7) is 2.15. The molecule has 2 aromatic carbocycles. The maximum atomic E-state index is 3.65. The van der Waals surface area contributed by atoms with Gasteiger partial charge in [0.2, 0.25) is 0 Å². The molecule has 1 atom stereocenters. The van der Waals surface area contributed by atoms with Gasteiger partial charge in [-0.15, -0.1) is 0 Å². The minimum Gasteiger partial charge on any atom is -0.0921 e.